The average molecular weight is 371 g/mol. The topological polar surface area (TPSA) is 32.3 Å². The van der Waals surface area contributed by atoms with Crippen LogP contribution < -0.4 is 10.2 Å². The first-order valence-electron chi connectivity index (χ1n) is 7.97. The highest BCUT2D eigenvalue weighted by molar-refractivity contribution is 7.80. The number of allylic oxidation sites excluding steroid dienone is 1. The van der Waals surface area contributed by atoms with Crippen LogP contribution in [0.25, 0.3) is 0 Å². The van der Waals surface area contributed by atoms with Crippen molar-refractivity contribution in [3.05, 3.63) is 76.5 Å². The van der Waals surface area contributed by atoms with E-state index in [9.17, 15) is 4.79 Å². The molecule has 0 aromatic heterocycles. The molecular formula is C20H19ClN2OS. The molecular weight excluding hydrogens is 352 g/mol. The molecule has 5 heteroatoms. The predicted octanol–water partition coefficient (Wildman–Crippen LogP) is 4.71. The van der Waals surface area contributed by atoms with Crippen molar-refractivity contribution in [1.29, 1.82) is 0 Å². The van der Waals surface area contributed by atoms with Gasteiger partial charge in [-0.05, 0) is 29.8 Å². The Labute approximate surface area is 158 Å². The summed E-state index contributed by atoms with van der Waals surface area (Å²) >= 11 is 11.5. The third kappa shape index (κ3) is 3.20. The Bertz CT molecular complexity index is 889. The van der Waals surface area contributed by atoms with Gasteiger partial charge in [0.25, 0.3) is 5.91 Å². The molecule has 0 spiro atoms. The Morgan fingerprint density at radius 2 is 1.80 bits per heavy atom. The molecule has 0 unspecified atom stereocenters. The van der Waals surface area contributed by atoms with E-state index < -0.39 is 0 Å². The number of anilines is 1. The van der Waals surface area contributed by atoms with Gasteiger partial charge in [0, 0.05) is 23.8 Å². The van der Waals surface area contributed by atoms with Crippen LogP contribution in [0, 0.1) is 0 Å². The van der Waals surface area contributed by atoms with E-state index in [4.69, 9.17) is 23.8 Å². The van der Waals surface area contributed by atoms with Crippen molar-refractivity contribution in [2.24, 2.45) is 0 Å². The second kappa shape index (κ2) is 6.62. The SMILES string of the molecule is CN1/C(=C/C(=S)NC(=O)c2ccccc2Cl)C(C)(C)c2ccccc21. The molecule has 2 aromatic carbocycles. The van der Waals surface area contributed by atoms with E-state index in [2.05, 4.69) is 36.2 Å². The van der Waals surface area contributed by atoms with Gasteiger partial charge in [-0.15, -0.1) is 0 Å². The van der Waals surface area contributed by atoms with Crippen LogP contribution in [0.2, 0.25) is 5.02 Å². The minimum Gasteiger partial charge on any atom is -0.347 e. The summed E-state index contributed by atoms with van der Waals surface area (Å²) in [7, 11) is 2.01. The Morgan fingerprint density at radius 1 is 1.16 bits per heavy atom. The lowest BCUT2D eigenvalue weighted by Crippen LogP contribution is -2.31. The standard InChI is InChI=1S/C20H19ClN2OS/c1-20(2)14-9-5-7-11-16(14)23(3)17(20)12-18(25)22-19(24)13-8-4-6-10-15(13)21/h4-12H,1-3H3,(H,22,24,25)/b17-12+. The number of carbonyl (C=O) groups excluding carboxylic acids is 1. The number of hydrogen-bond donors (Lipinski definition) is 1. The normalized spacial score (nSPS) is 16.6. The third-order valence-corrected chi connectivity index (χ3v) is 5.11. The fourth-order valence-corrected chi connectivity index (χ4v) is 3.67. The van der Waals surface area contributed by atoms with Gasteiger partial charge in [0.05, 0.1) is 10.6 Å². The molecule has 0 bridgehead atoms. The lowest BCUT2D eigenvalue weighted by Gasteiger charge is -2.24. The molecule has 3 nitrogen and oxygen atoms in total. The van der Waals surface area contributed by atoms with Crippen LogP contribution >= 0.6 is 23.8 Å². The summed E-state index contributed by atoms with van der Waals surface area (Å²) in [5, 5.41) is 3.16. The van der Waals surface area contributed by atoms with Crippen LogP contribution in [0.1, 0.15) is 29.8 Å². The number of thiocarbonyl (C=S) groups is 1. The molecule has 0 saturated heterocycles. The lowest BCUT2D eigenvalue weighted by atomic mass is 9.84. The second-order valence-electron chi connectivity index (χ2n) is 6.53. The molecule has 1 N–H and O–H groups in total. The minimum absolute atomic E-state index is 0.190. The van der Waals surface area contributed by atoms with Crippen molar-refractivity contribution < 1.29 is 4.79 Å². The molecule has 0 aliphatic carbocycles. The zero-order valence-electron chi connectivity index (χ0n) is 14.3. The number of nitrogens with one attached hydrogen (secondary N) is 1. The maximum Gasteiger partial charge on any atom is 0.257 e. The Hall–Kier alpha value is -2.17. The molecule has 1 amide bonds. The summed E-state index contributed by atoms with van der Waals surface area (Å²) < 4.78 is 0. The van der Waals surface area contributed by atoms with Crippen LogP contribution in [0.15, 0.2) is 60.3 Å². The van der Waals surface area contributed by atoms with Crippen molar-refractivity contribution in [2.45, 2.75) is 19.3 Å². The van der Waals surface area contributed by atoms with E-state index >= 15 is 0 Å². The molecule has 1 heterocycles. The second-order valence-corrected chi connectivity index (χ2v) is 7.38. The zero-order valence-corrected chi connectivity index (χ0v) is 15.9. The van der Waals surface area contributed by atoms with E-state index in [-0.39, 0.29) is 11.3 Å². The molecule has 1 aliphatic rings. The zero-order chi connectivity index (χ0) is 18.2. The van der Waals surface area contributed by atoms with Gasteiger partial charge in [0.2, 0.25) is 0 Å². The number of amides is 1. The highest BCUT2D eigenvalue weighted by Crippen LogP contribution is 2.46. The van der Waals surface area contributed by atoms with Crippen LogP contribution in [-0.4, -0.2) is 17.9 Å². The Morgan fingerprint density at radius 3 is 2.48 bits per heavy atom. The number of fused-ring (bicyclic) bond motifs is 1. The molecule has 1 aliphatic heterocycles. The summed E-state index contributed by atoms with van der Waals surface area (Å²) in [6, 6.07) is 15.2. The number of benzene rings is 2. The highest BCUT2D eigenvalue weighted by Gasteiger charge is 2.38. The summed E-state index contributed by atoms with van der Waals surface area (Å²) in [5.41, 5.74) is 3.65. The number of para-hydroxylation sites is 1. The van der Waals surface area contributed by atoms with E-state index in [0.29, 0.717) is 15.6 Å². The quantitative estimate of drug-likeness (QED) is 0.613. The van der Waals surface area contributed by atoms with Crippen molar-refractivity contribution in [3.63, 3.8) is 0 Å². The van der Waals surface area contributed by atoms with Crippen molar-refractivity contribution in [2.75, 3.05) is 11.9 Å². The van der Waals surface area contributed by atoms with Crippen LogP contribution in [0.5, 0.6) is 0 Å². The molecule has 3 rings (SSSR count). The van der Waals surface area contributed by atoms with Gasteiger partial charge in [-0.3, -0.25) is 4.79 Å². The highest BCUT2D eigenvalue weighted by atomic mass is 35.5. The van der Waals surface area contributed by atoms with Crippen molar-refractivity contribution >= 4 is 40.4 Å². The monoisotopic (exact) mass is 370 g/mol. The van der Waals surface area contributed by atoms with Gasteiger partial charge in [0.15, 0.2) is 0 Å². The first-order chi connectivity index (χ1) is 11.8. The fraction of sp³-hybridized carbons (Fsp3) is 0.200. The molecule has 0 atom stereocenters. The third-order valence-electron chi connectivity index (χ3n) is 4.56. The van der Waals surface area contributed by atoms with Crippen LogP contribution in [0.3, 0.4) is 0 Å². The fourth-order valence-electron chi connectivity index (χ4n) is 3.24. The van der Waals surface area contributed by atoms with E-state index in [1.54, 1.807) is 24.3 Å². The lowest BCUT2D eigenvalue weighted by molar-refractivity contribution is 0.0978. The molecule has 0 radical (unpaired) electrons. The number of halogens is 1. The summed E-state index contributed by atoms with van der Waals surface area (Å²) in [6.07, 6.45) is 1.85. The number of hydrogen-bond acceptors (Lipinski definition) is 3. The van der Waals surface area contributed by atoms with Gasteiger partial charge in [-0.25, -0.2) is 0 Å². The van der Waals surface area contributed by atoms with Crippen molar-refractivity contribution in [3.8, 4) is 0 Å². The largest absolute Gasteiger partial charge is 0.347 e. The van der Waals surface area contributed by atoms with Gasteiger partial charge in [0.1, 0.15) is 4.99 Å². The number of rotatable bonds is 2. The summed E-state index contributed by atoms with van der Waals surface area (Å²) in [6.45, 7) is 4.30. The first-order valence-corrected chi connectivity index (χ1v) is 8.76. The predicted molar refractivity (Wildman–Crippen MR) is 107 cm³/mol. The van der Waals surface area contributed by atoms with Gasteiger partial charge in [-0.2, -0.15) is 0 Å². The first kappa shape index (κ1) is 17.6. The molecule has 128 valence electrons. The van der Waals surface area contributed by atoms with E-state index in [1.807, 2.05) is 25.3 Å². The number of carbonyl (C=O) groups is 1. The Balaban J connectivity index is 1.85. The van der Waals surface area contributed by atoms with Gasteiger partial charge in [-0.1, -0.05) is 68.0 Å². The maximum absolute atomic E-state index is 12.4. The van der Waals surface area contributed by atoms with Gasteiger partial charge >= 0.3 is 0 Å². The van der Waals surface area contributed by atoms with E-state index in [0.717, 1.165) is 11.4 Å². The van der Waals surface area contributed by atoms with Crippen LogP contribution in [0.4, 0.5) is 5.69 Å². The molecule has 0 saturated carbocycles. The number of nitrogens with zero attached hydrogens (tertiary/aromatic N) is 1. The molecule has 25 heavy (non-hydrogen) atoms. The smallest absolute Gasteiger partial charge is 0.257 e. The van der Waals surface area contributed by atoms with Crippen molar-refractivity contribution in [1.82, 2.24) is 5.32 Å². The summed E-state index contributed by atoms with van der Waals surface area (Å²) in [5.74, 6) is -0.302. The summed E-state index contributed by atoms with van der Waals surface area (Å²) in [4.78, 5) is 14.9. The molecule has 0 fully saturated rings. The minimum atomic E-state index is -0.302. The maximum atomic E-state index is 12.4. The van der Waals surface area contributed by atoms with Crippen LogP contribution in [-0.2, 0) is 5.41 Å². The van der Waals surface area contributed by atoms with Gasteiger partial charge < -0.3 is 10.2 Å². The Kier molecular flexibility index (Phi) is 4.67. The number of likely N-dealkylation sites (N-methyl/N-ethyl adjacent to an activating group) is 1. The van der Waals surface area contributed by atoms with E-state index in [1.165, 1.54) is 5.56 Å². The average Bonchev–Trinajstić information content (AvgIpc) is 2.76. The molecule has 2 aromatic rings.